The molecule has 0 unspecified atom stereocenters. The van der Waals surface area contributed by atoms with Gasteiger partial charge in [0.2, 0.25) is 0 Å². The lowest BCUT2D eigenvalue weighted by Crippen LogP contribution is -2.02. The number of rotatable bonds is 2. The molecule has 0 radical (unpaired) electrons. The predicted octanol–water partition coefficient (Wildman–Crippen LogP) is 7.59. The molecule has 0 saturated heterocycles. The summed E-state index contributed by atoms with van der Waals surface area (Å²) in [5, 5.41) is 3.07. The van der Waals surface area contributed by atoms with Gasteiger partial charge in [0.15, 0.2) is 0 Å². The van der Waals surface area contributed by atoms with Gasteiger partial charge in [-0.3, -0.25) is 0 Å². The van der Waals surface area contributed by atoms with Crippen LogP contribution in [0.25, 0.3) is 20.2 Å². The van der Waals surface area contributed by atoms with Crippen LogP contribution in [-0.4, -0.2) is 0 Å². The van der Waals surface area contributed by atoms with E-state index in [1.807, 2.05) is 11.3 Å². The Labute approximate surface area is 150 Å². The molecule has 2 aromatic carbocycles. The van der Waals surface area contributed by atoms with E-state index in [9.17, 15) is 0 Å². The standard InChI is InChI=1S/C23H30S/c1-10-18-14(6)17(9)23-21(19(18)11(2)3)20-15(7)12(4)13(5)16(8)22(20)24-23/h11H,10H2,1-9H3. The van der Waals surface area contributed by atoms with E-state index in [2.05, 4.69) is 62.3 Å². The normalized spacial score (nSPS) is 12.1. The van der Waals surface area contributed by atoms with Crippen LogP contribution in [0.1, 0.15) is 71.2 Å². The van der Waals surface area contributed by atoms with Crippen LogP contribution >= 0.6 is 11.3 Å². The zero-order valence-corrected chi connectivity index (χ0v) is 17.5. The van der Waals surface area contributed by atoms with E-state index in [4.69, 9.17) is 0 Å². The molecular formula is C23H30S. The highest BCUT2D eigenvalue weighted by Gasteiger charge is 2.23. The van der Waals surface area contributed by atoms with E-state index in [1.165, 1.54) is 48.2 Å². The minimum Gasteiger partial charge on any atom is -0.135 e. The molecule has 0 nitrogen and oxygen atoms in total. The van der Waals surface area contributed by atoms with Gasteiger partial charge in [-0.1, -0.05) is 20.8 Å². The zero-order valence-electron chi connectivity index (χ0n) is 16.7. The van der Waals surface area contributed by atoms with E-state index >= 15 is 0 Å². The summed E-state index contributed by atoms with van der Waals surface area (Å²) in [6.07, 6.45) is 1.12. The van der Waals surface area contributed by atoms with Gasteiger partial charge in [-0.25, -0.2) is 0 Å². The molecule has 0 spiro atoms. The van der Waals surface area contributed by atoms with Crippen molar-refractivity contribution in [2.24, 2.45) is 0 Å². The quantitative estimate of drug-likeness (QED) is 0.451. The van der Waals surface area contributed by atoms with E-state index in [1.54, 1.807) is 16.5 Å². The smallest absolute Gasteiger partial charge is 0.0390 e. The molecule has 0 aliphatic heterocycles. The Morgan fingerprint density at radius 3 is 1.71 bits per heavy atom. The Kier molecular flexibility index (Phi) is 4.28. The summed E-state index contributed by atoms with van der Waals surface area (Å²) in [6, 6.07) is 0. The molecule has 0 amide bonds. The fourth-order valence-corrected chi connectivity index (χ4v) is 5.82. The van der Waals surface area contributed by atoms with Gasteiger partial charge in [-0.2, -0.15) is 0 Å². The molecule has 3 rings (SSSR count). The fourth-order valence-electron chi connectivity index (χ4n) is 4.34. The van der Waals surface area contributed by atoms with Gasteiger partial charge in [0.25, 0.3) is 0 Å². The lowest BCUT2D eigenvalue weighted by Gasteiger charge is -2.20. The maximum atomic E-state index is 2.36. The fraction of sp³-hybridized carbons (Fsp3) is 0.478. The molecule has 0 N–H and O–H groups in total. The summed E-state index contributed by atoms with van der Waals surface area (Å²) in [5.74, 6) is 0.556. The van der Waals surface area contributed by atoms with Crippen molar-refractivity contribution in [1.29, 1.82) is 0 Å². The molecule has 1 heterocycles. The van der Waals surface area contributed by atoms with Crippen LogP contribution in [0.5, 0.6) is 0 Å². The number of hydrogen-bond donors (Lipinski definition) is 0. The molecule has 0 atom stereocenters. The molecule has 0 bridgehead atoms. The van der Waals surface area contributed by atoms with Gasteiger partial charge in [0, 0.05) is 20.2 Å². The number of hydrogen-bond acceptors (Lipinski definition) is 1. The van der Waals surface area contributed by atoms with Crippen LogP contribution in [0, 0.1) is 41.5 Å². The largest absolute Gasteiger partial charge is 0.135 e. The van der Waals surface area contributed by atoms with Crippen LogP contribution in [-0.2, 0) is 6.42 Å². The van der Waals surface area contributed by atoms with Crippen molar-refractivity contribution in [3.8, 4) is 0 Å². The van der Waals surface area contributed by atoms with Crippen molar-refractivity contribution in [3.63, 3.8) is 0 Å². The number of aryl methyl sites for hydroxylation is 3. The van der Waals surface area contributed by atoms with Crippen molar-refractivity contribution >= 4 is 31.5 Å². The second kappa shape index (κ2) is 5.88. The van der Waals surface area contributed by atoms with Crippen LogP contribution in [0.2, 0.25) is 0 Å². The molecule has 0 fully saturated rings. The minimum atomic E-state index is 0.556. The second-order valence-corrected chi connectivity index (χ2v) is 8.68. The van der Waals surface area contributed by atoms with Gasteiger partial charge in [-0.05, 0) is 98.4 Å². The Morgan fingerprint density at radius 2 is 1.17 bits per heavy atom. The number of thiophene rings is 1. The number of fused-ring (bicyclic) bond motifs is 3. The van der Waals surface area contributed by atoms with Crippen molar-refractivity contribution in [2.75, 3.05) is 0 Å². The highest BCUT2D eigenvalue weighted by atomic mass is 32.1. The maximum absolute atomic E-state index is 2.36. The van der Waals surface area contributed by atoms with E-state index in [-0.39, 0.29) is 0 Å². The summed E-state index contributed by atoms with van der Waals surface area (Å²) in [7, 11) is 0. The molecule has 24 heavy (non-hydrogen) atoms. The first kappa shape index (κ1) is 17.5. The summed E-state index contributed by atoms with van der Waals surface area (Å²) < 4.78 is 3.02. The van der Waals surface area contributed by atoms with Crippen molar-refractivity contribution in [3.05, 3.63) is 44.5 Å². The van der Waals surface area contributed by atoms with Crippen LogP contribution < -0.4 is 0 Å². The van der Waals surface area contributed by atoms with Crippen LogP contribution in [0.4, 0.5) is 0 Å². The molecule has 0 aliphatic carbocycles. The lowest BCUT2D eigenvalue weighted by molar-refractivity contribution is 0.850. The molecule has 0 saturated carbocycles. The summed E-state index contributed by atoms with van der Waals surface area (Å²) in [4.78, 5) is 0. The monoisotopic (exact) mass is 338 g/mol. The van der Waals surface area contributed by atoms with Gasteiger partial charge in [0.05, 0.1) is 0 Å². The summed E-state index contributed by atoms with van der Waals surface area (Å²) in [5.41, 5.74) is 12.0. The van der Waals surface area contributed by atoms with Crippen LogP contribution in [0.15, 0.2) is 0 Å². The molecule has 3 aromatic rings. The maximum Gasteiger partial charge on any atom is 0.0390 e. The van der Waals surface area contributed by atoms with Crippen LogP contribution in [0.3, 0.4) is 0 Å². The summed E-state index contributed by atoms with van der Waals surface area (Å²) in [6.45, 7) is 20.9. The average molecular weight is 339 g/mol. The first-order valence-electron chi connectivity index (χ1n) is 9.16. The molecule has 0 aliphatic rings. The Morgan fingerprint density at radius 1 is 0.667 bits per heavy atom. The lowest BCUT2D eigenvalue weighted by atomic mass is 9.84. The van der Waals surface area contributed by atoms with E-state index < -0.39 is 0 Å². The zero-order chi connectivity index (χ0) is 17.9. The van der Waals surface area contributed by atoms with Crippen molar-refractivity contribution < 1.29 is 0 Å². The first-order valence-corrected chi connectivity index (χ1v) is 9.98. The molecular weight excluding hydrogens is 308 g/mol. The highest BCUT2D eigenvalue weighted by Crippen LogP contribution is 2.47. The van der Waals surface area contributed by atoms with E-state index in [0.717, 1.165) is 6.42 Å². The summed E-state index contributed by atoms with van der Waals surface area (Å²) >= 11 is 2.02. The van der Waals surface area contributed by atoms with Crippen molar-refractivity contribution in [2.45, 2.75) is 74.7 Å². The highest BCUT2D eigenvalue weighted by molar-refractivity contribution is 7.26. The molecule has 128 valence electrons. The third-order valence-corrected chi connectivity index (χ3v) is 7.62. The Bertz CT molecular complexity index is 968. The minimum absolute atomic E-state index is 0.556. The van der Waals surface area contributed by atoms with Gasteiger partial charge in [-0.15, -0.1) is 11.3 Å². The van der Waals surface area contributed by atoms with Gasteiger partial charge in [0.1, 0.15) is 0 Å². The average Bonchev–Trinajstić information content (AvgIpc) is 2.94. The third kappa shape index (κ3) is 2.17. The Balaban J connectivity index is 2.73. The van der Waals surface area contributed by atoms with Crippen molar-refractivity contribution in [1.82, 2.24) is 0 Å². The van der Waals surface area contributed by atoms with Gasteiger partial charge < -0.3 is 0 Å². The number of benzene rings is 2. The topological polar surface area (TPSA) is 0 Å². The predicted molar refractivity (Wildman–Crippen MR) is 111 cm³/mol. The first-order chi connectivity index (χ1) is 11.2. The molecule has 1 aromatic heterocycles. The molecule has 1 heteroatoms. The third-order valence-electron chi connectivity index (χ3n) is 6.19. The van der Waals surface area contributed by atoms with Gasteiger partial charge >= 0.3 is 0 Å². The van der Waals surface area contributed by atoms with E-state index in [0.29, 0.717) is 5.92 Å². The Hall–Kier alpha value is -1.34. The second-order valence-electron chi connectivity index (χ2n) is 7.66. The SMILES string of the molecule is CCc1c(C)c(C)c2sc3c(C)c(C)c(C)c(C)c3c2c1C(C)C.